The van der Waals surface area contributed by atoms with E-state index in [0.717, 1.165) is 71.0 Å². The van der Waals surface area contributed by atoms with Crippen LogP contribution < -0.4 is 16.2 Å². The fourth-order valence-electron chi connectivity index (χ4n) is 2.25. The molecule has 1 aromatic rings. The number of pyridine rings is 1. The molecular formula is C18H32N4O2. The molecule has 0 aliphatic rings. The lowest BCUT2D eigenvalue weighted by Gasteiger charge is -2.11. The summed E-state index contributed by atoms with van der Waals surface area (Å²) in [6.07, 6.45) is 5.88. The van der Waals surface area contributed by atoms with Crippen molar-refractivity contribution in [1.29, 1.82) is 0 Å². The number of unbranched alkanes of at least 4 members (excludes halogenated alkanes) is 2. The summed E-state index contributed by atoms with van der Waals surface area (Å²) in [5, 5.41) is 6.60. The number of guanidine groups is 1. The average molecular weight is 336 g/mol. The maximum atomic E-state index is 11.6. The van der Waals surface area contributed by atoms with Gasteiger partial charge in [-0.05, 0) is 45.6 Å². The van der Waals surface area contributed by atoms with Crippen LogP contribution in [0.4, 0.5) is 0 Å². The van der Waals surface area contributed by atoms with Crippen molar-refractivity contribution in [3.63, 3.8) is 0 Å². The van der Waals surface area contributed by atoms with E-state index in [1.165, 1.54) is 0 Å². The number of rotatable bonds is 12. The maximum absolute atomic E-state index is 11.6. The Morgan fingerprint density at radius 3 is 2.79 bits per heavy atom. The molecule has 2 N–H and O–H groups in total. The first-order chi connectivity index (χ1) is 11.8. The van der Waals surface area contributed by atoms with Crippen LogP contribution in [0.1, 0.15) is 39.5 Å². The van der Waals surface area contributed by atoms with Gasteiger partial charge in [-0.1, -0.05) is 6.07 Å². The van der Waals surface area contributed by atoms with E-state index in [1.807, 2.05) is 19.2 Å². The zero-order valence-electron chi connectivity index (χ0n) is 15.1. The summed E-state index contributed by atoms with van der Waals surface area (Å²) in [6.45, 7) is 8.94. The standard InChI is InChI=1S/C18H32N4O2/c1-3-19-18(21-13-7-10-16-24-4-2)20-12-6-9-15-22-14-8-5-11-17(22)23/h5,8,11,14H,3-4,6-7,9-10,12-13,15-16H2,1-2H3,(H2,19,20,21). The first-order valence-electron chi connectivity index (χ1n) is 9.03. The maximum Gasteiger partial charge on any atom is 0.250 e. The van der Waals surface area contributed by atoms with E-state index in [1.54, 1.807) is 16.7 Å². The predicted molar refractivity (Wildman–Crippen MR) is 99.6 cm³/mol. The summed E-state index contributed by atoms with van der Waals surface area (Å²) < 4.78 is 7.07. The quantitative estimate of drug-likeness (QED) is 0.348. The second kappa shape index (κ2) is 13.6. The molecule has 6 nitrogen and oxygen atoms in total. The number of aromatic nitrogens is 1. The van der Waals surface area contributed by atoms with Gasteiger partial charge in [0.05, 0.1) is 0 Å². The molecular weight excluding hydrogens is 304 g/mol. The van der Waals surface area contributed by atoms with Crippen molar-refractivity contribution in [1.82, 2.24) is 15.2 Å². The van der Waals surface area contributed by atoms with Crippen LogP contribution in [-0.4, -0.2) is 43.4 Å². The van der Waals surface area contributed by atoms with Crippen molar-refractivity contribution in [2.75, 3.05) is 32.8 Å². The molecule has 0 saturated heterocycles. The summed E-state index contributed by atoms with van der Waals surface area (Å²) in [4.78, 5) is 16.2. The fraction of sp³-hybridized carbons (Fsp3) is 0.667. The number of hydrogen-bond donors (Lipinski definition) is 2. The Morgan fingerprint density at radius 1 is 1.17 bits per heavy atom. The molecule has 0 aliphatic carbocycles. The minimum absolute atomic E-state index is 0.0624. The van der Waals surface area contributed by atoms with Gasteiger partial charge in [0.15, 0.2) is 5.96 Å². The van der Waals surface area contributed by atoms with Gasteiger partial charge in [0, 0.05) is 51.7 Å². The van der Waals surface area contributed by atoms with E-state index in [4.69, 9.17) is 4.74 Å². The number of hydrogen-bond acceptors (Lipinski definition) is 3. The van der Waals surface area contributed by atoms with Gasteiger partial charge in [0.2, 0.25) is 5.56 Å². The van der Waals surface area contributed by atoms with Crippen molar-refractivity contribution in [3.8, 4) is 0 Å². The van der Waals surface area contributed by atoms with Crippen LogP contribution in [0.15, 0.2) is 34.2 Å². The van der Waals surface area contributed by atoms with Crippen molar-refractivity contribution in [3.05, 3.63) is 34.7 Å². The monoisotopic (exact) mass is 336 g/mol. The van der Waals surface area contributed by atoms with Gasteiger partial charge in [-0.25, -0.2) is 0 Å². The molecule has 0 radical (unpaired) electrons. The third kappa shape index (κ3) is 9.35. The molecule has 0 bridgehead atoms. The molecule has 1 aromatic heterocycles. The van der Waals surface area contributed by atoms with E-state index in [-0.39, 0.29) is 5.56 Å². The van der Waals surface area contributed by atoms with Crippen LogP contribution in [0.5, 0.6) is 0 Å². The summed E-state index contributed by atoms with van der Waals surface area (Å²) in [5.41, 5.74) is 0.0624. The highest BCUT2D eigenvalue weighted by Gasteiger charge is 1.98. The van der Waals surface area contributed by atoms with Crippen molar-refractivity contribution < 1.29 is 4.74 Å². The number of ether oxygens (including phenoxy) is 1. The highest BCUT2D eigenvalue weighted by atomic mass is 16.5. The average Bonchev–Trinajstić information content (AvgIpc) is 2.59. The first kappa shape index (κ1) is 20.2. The molecule has 0 aliphatic heterocycles. The third-order valence-electron chi connectivity index (χ3n) is 3.53. The first-order valence-corrected chi connectivity index (χ1v) is 9.03. The minimum Gasteiger partial charge on any atom is -0.382 e. The van der Waals surface area contributed by atoms with Crippen LogP contribution in [0.3, 0.4) is 0 Å². The third-order valence-corrected chi connectivity index (χ3v) is 3.53. The van der Waals surface area contributed by atoms with Gasteiger partial charge >= 0.3 is 0 Å². The van der Waals surface area contributed by atoms with Crippen LogP contribution in [0.25, 0.3) is 0 Å². The molecule has 0 atom stereocenters. The molecule has 0 fully saturated rings. The molecule has 1 rings (SSSR count). The summed E-state index contributed by atoms with van der Waals surface area (Å²) in [6, 6.07) is 5.26. The van der Waals surface area contributed by atoms with E-state index >= 15 is 0 Å². The molecule has 0 saturated carbocycles. The van der Waals surface area contributed by atoms with Gasteiger partial charge in [0.1, 0.15) is 0 Å². The topological polar surface area (TPSA) is 67.7 Å². The van der Waals surface area contributed by atoms with Gasteiger partial charge in [0.25, 0.3) is 0 Å². The van der Waals surface area contributed by atoms with E-state index in [2.05, 4.69) is 22.5 Å². The van der Waals surface area contributed by atoms with Gasteiger partial charge in [-0.3, -0.25) is 9.79 Å². The smallest absolute Gasteiger partial charge is 0.250 e. The SMILES string of the molecule is CCNC(=NCCCCOCC)NCCCCn1ccccc1=O. The highest BCUT2D eigenvalue weighted by Crippen LogP contribution is 1.93. The lowest BCUT2D eigenvalue weighted by atomic mass is 10.3. The summed E-state index contributed by atoms with van der Waals surface area (Å²) in [5.74, 6) is 0.866. The molecule has 1 heterocycles. The van der Waals surface area contributed by atoms with E-state index in [9.17, 15) is 4.79 Å². The van der Waals surface area contributed by atoms with Crippen LogP contribution in [-0.2, 0) is 11.3 Å². The van der Waals surface area contributed by atoms with E-state index in [0.29, 0.717) is 0 Å². The minimum atomic E-state index is 0.0624. The number of aryl methyl sites for hydroxylation is 1. The molecule has 0 unspecified atom stereocenters. The highest BCUT2D eigenvalue weighted by molar-refractivity contribution is 5.79. The predicted octanol–water partition coefficient (Wildman–Crippen LogP) is 2.00. The molecule has 6 heteroatoms. The van der Waals surface area contributed by atoms with Crippen LogP contribution >= 0.6 is 0 Å². The Bertz CT molecular complexity index is 514. The Balaban J connectivity index is 2.18. The molecule has 0 amide bonds. The van der Waals surface area contributed by atoms with Gasteiger partial charge in [-0.2, -0.15) is 0 Å². The van der Waals surface area contributed by atoms with Crippen molar-refractivity contribution >= 4 is 5.96 Å². The van der Waals surface area contributed by atoms with Gasteiger partial charge < -0.3 is 19.9 Å². The lowest BCUT2D eigenvalue weighted by molar-refractivity contribution is 0.144. The van der Waals surface area contributed by atoms with Gasteiger partial charge in [-0.15, -0.1) is 0 Å². The summed E-state index contributed by atoms with van der Waals surface area (Å²) in [7, 11) is 0. The number of nitrogens with one attached hydrogen (secondary N) is 2. The Hall–Kier alpha value is -1.82. The van der Waals surface area contributed by atoms with E-state index < -0.39 is 0 Å². The van der Waals surface area contributed by atoms with Crippen LogP contribution in [0, 0.1) is 0 Å². The Labute approximate surface area is 145 Å². The Kier molecular flexibility index (Phi) is 11.5. The normalized spacial score (nSPS) is 11.5. The Morgan fingerprint density at radius 2 is 2.04 bits per heavy atom. The fourth-order valence-corrected chi connectivity index (χ4v) is 2.25. The molecule has 0 spiro atoms. The second-order valence-electron chi connectivity index (χ2n) is 5.53. The number of aliphatic imine (C=N–C) groups is 1. The summed E-state index contributed by atoms with van der Waals surface area (Å²) >= 11 is 0. The van der Waals surface area contributed by atoms with Crippen molar-refractivity contribution in [2.24, 2.45) is 4.99 Å². The zero-order chi connectivity index (χ0) is 17.5. The molecule has 136 valence electrons. The largest absolute Gasteiger partial charge is 0.382 e. The second-order valence-corrected chi connectivity index (χ2v) is 5.53. The van der Waals surface area contributed by atoms with Crippen molar-refractivity contribution in [2.45, 2.75) is 46.1 Å². The van der Waals surface area contributed by atoms with Crippen LogP contribution in [0.2, 0.25) is 0 Å². The molecule has 24 heavy (non-hydrogen) atoms. The number of nitrogens with zero attached hydrogens (tertiary/aromatic N) is 2. The lowest BCUT2D eigenvalue weighted by Crippen LogP contribution is -2.38. The molecule has 0 aromatic carbocycles. The zero-order valence-corrected chi connectivity index (χ0v) is 15.1.